The van der Waals surface area contributed by atoms with Crippen LogP contribution in [0, 0.1) is 18.8 Å². The Bertz CT molecular complexity index is 955. The molecule has 31 heavy (non-hydrogen) atoms. The topological polar surface area (TPSA) is 97.6 Å². The summed E-state index contributed by atoms with van der Waals surface area (Å²) in [5.41, 5.74) is 0.539. The van der Waals surface area contributed by atoms with Gasteiger partial charge in [-0.1, -0.05) is 31.1 Å². The van der Waals surface area contributed by atoms with Gasteiger partial charge in [0, 0.05) is 25.0 Å². The lowest BCUT2D eigenvalue weighted by Crippen LogP contribution is -2.40. The Kier molecular flexibility index (Phi) is 5.73. The molecule has 2 amide bonds. The molecule has 2 aliphatic rings. The minimum atomic E-state index is -0.399. The van der Waals surface area contributed by atoms with Crippen LogP contribution in [-0.4, -0.2) is 53.1 Å². The van der Waals surface area contributed by atoms with Crippen molar-refractivity contribution in [1.29, 1.82) is 0 Å². The molecule has 0 radical (unpaired) electrons. The van der Waals surface area contributed by atoms with Gasteiger partial charge in [-0.2, -0.15) is 4.98 Å². The van der Waals surface area contributed by atoms with E-state index in [0.29, 0.717) is 37.6 Å². The van der Waals surface area contributed by atoms with Crippen LogP contribution in [0.1, 0.15) is 44.0 Å². The Morgan fingerprint density at radius 2 is 2.06 bits per heavy atom. The number of fused-ring (bicyclic) bond motifs is 1. The molecule has 4 rings (SSSR count). The third kappa shape index (κ3) is 4.16. The maximum Gasteiger partial charge on any atom is 0.235 e. The van der Waals surface area contributed by atoms with Gasteiger partial charge in [-0.25, -0.2) is 0 Å². The van der Waals surface area contributed by atoms with E-state index in [1.807, 2.05) is 43.0 Å². The largest absolute Gasteiger partial charge is 0.497 e. The summed E-state index contributed by atoms with van der Waals surface area (Å²) in [7, 11) is 1.62. The van der Waals surface area contributed by atoms with Crippen LogP contribution < -0.4 is 10.1 Å². The number of hydrogen-bond acceptors (Lipinski definition) is 6. The molecule has 1 aromatic heterocycles. The predicted octanol–water partition coefficient (Wildman–Crippen LogP) is 2.26. The first-order valence-corrected chi connectivity index (χ1v) is 10.8. The summed E-state index contributed by atoms with van der Waals surface area (Å²) in [5, 5.41) is 7.18. The summed E-state index contributed by atoms with van der Waals surface area (Å²) in [6.07, 6.45) is 1.79. The van der Waals surface area contributed by atoms with Crippen LogP contribution in [0.15, 0.2) is 28.8 Å². The van der Waals surface area contributed by atoms with Crippen molar-refractivity contribution in [3.05, 3.63) is 41.5 Å². The fourth-order valence-corrected chi connectivity index (χ4v) is 5.05. The summed E-state index contributed by atoms with van der Waals surface area (Å²) in [5.74, 6) is 2.20. The molecule has 3 atom stereocenters. The zero-order valence-electron chi connectivity index (χ0n) is 18.6. The third-order valence-electron chi connectivity index (χ3n) is 6.52. The van der Waals surface area contributed by atoms with Crippen LogP contribution >= 0.6 is 0 Å². The highest BCUT2D eigenvalue weighted by Gasteiger charge is 2.58. The molecular weight excluding hydrogens is 396 g/mol. The van der Waals surface area contributed by atoms with Crippen LogP contribution in [0.5, 0.6) is 5.75 Å². The van der Waals surface area contributed by atoms with Gasteiger partial charge in [0.1, 0.15) is 5.75 Å². The standard InChI is InChI=1S/C23H30N4O4/c1-14(2)21(29)27-12-17-10-18(11-23(17,13-27)22-24-15(3)26-31-22)25-20(28)9-16-5-7-19(30-4)8-6-16/h5-8,14,17-18H,9-13H2,1-4H3,(H,25,28). The molecule has 0 spiro atoms. The van der Waals surface area contributed by atoms with Crippen molar-refractivity contribution in [2.45, 2.75) is 51.5 Å². The van der Waals surface area contributed by atoms with Gasteiger partial charge in [0.05, 0.1) is 18.9 Å². The average molecular weight is 427 g/mol. The Morgan fingerprint density at radius 3 is 2.68 bits per heavy atom. The Labute approximate surface area is 182 Å². The van der Waals surface area contributed by atoms with Gasteiger partial charge < -0.3 is 19.5 Å². The number of ether oxygens (including phenoxy) is 1. The minimum absolute atomic E-state index is 0.0119. The van der Waals surface area contributed by atoms with Crippen molar-refractivity contribution in [2.75, 3.05) is 20.2 Å². The number of hydrogen-bond donors (Lipinski definition) is 1. The molecule has 8 heteroatoms. The lowest BCUT2D eigenvalue weighted by atomic mass is 9.80. The minimum Gasteiger partial charge on any atom is -0.497 e. The van der Waals surface area contributed by atoms with E-state index in [0.717, 1.165) is 17.7 Å². The molecule has 2 fully saturated rings. The summed E-state index contributed by atoms with van der Waals surface area (Å²) in [6.45, 7) is 6.85. The van der Waals surface area contributed by atoms with Crippen molar-refractivity contribution in [3.8, 4) is 5.75 Å². The maximum absolute atomic E-state index is 12.7. The molecule has 2 aromatic rings. The fraction of sp³-hybridized carbons (Fsp3) is 0.565. The molecule has 1 saturated heterocycles. The second-order valence-corrected chi connectivity index (χ2v) is 9.10. The van der Waals surface area contributed by atoms with Crippen LogP contribution in [0.3, 0.4) is 0 Å². The molecule has 3 unspecified atom stereocenters. The van der Waals surface area contributed by atoms with Gasteiger partial charge in [0.25, 0.3) is 0 Å². The van der Waals surface area contributed by atoms with Gasteiger partial charge in [-0.05, 0) is 43.4 Å². The number of nitrogens with one attached hydrogen (secondary N) is 1. The van der Waals surface area contributed by atoms with E-state index >= 15 is 0 Å². The van der Waals surface area contributed by atoms with Crippen LogP contribution in [0.25, 0.3) is 0 Å². The van der Waals surface area contributed by atoms with Crippen molar-refractivity contribution < 1.29 is 18.8 Å². The normalized spacial score (nSPS) is 25.0. The van der Waals surface area contributed by atoms with Crippen molar-refractivity contribution in [1.82, 2.24) is 20.4 Å². The van der Waals surface area contributed by atoms with Gasteiger partial charge in [-0.3, -0.25) is 9.59 Å². The third-order valence-corrected chi connectivity index (χ3v) is 6.52. The number of nitrogens with zero attached hydrogens (tertiary/aromatic N) is 3. The second-order valence-electron chi connectivity index (χ2n) is 9.10. The summed E-state index contributed by atoms with van der Waals surface area (Å²) >= 11 is 0. The van der Waals surface area contributed by atoms with Crippen LogP contribution in [0.4, 0.5) is 0 Å². The molecule has 2 heterocycles. The Balaban J connectivity index is 1.46. The zero-order chi connectivity index (χ0) is 22.2. The number of methoxy groups -OCH3 is 1. The molecule has 8 nitrogen and oxygen atoms in total. The second kappa shape index (κ2) is 8.32. The number of rotatable bonds is 6. The molecular formula is C23H30N4O4. The number of carbonyl (C=O) groups is 2. The molecule has 1 aromatic carbocycles. The van der Waals surface area contributed by atoms with Gasteiger partial charge in [-0.15, -0.1) is 0 Å². The first kappa shape index (κ1) is 21.3. The highest BCUT2D eigenvalue weighted by atomic mass is 16.5. The highest BCUT2D eigenvalue weighted by Crippen LogP contribution is 2.50. The van der Waals surface area contributed by atoms with E-state index in [1.165, 1.54) is 0 Å². The van der Waals surface area contributed by atoms with E-state index in [2.05, 4.69) is 15.5 Å². The molecule has 0 bridgehead atoms. The smallest absolute Gasteiger partial charge is 0.235 e. The number of aryl methyl sites for hydroxylation is 1. The summed E-state index contributed by atoms with van der Waals surface area (Å²) < 4.78 is 10.8. The molecule has 1 N–H and O–H groups in total. The monoisotopic (exact) mass is 426 g/mol. The fourth-order valence-electron chi connectivity index (χ4n) is 5.05. The maximum atomic E-state index is 12.7. The summed E-state index contributed by atoms with van der Waals surface area (Å²) in [4.78, 5) is 31.8. The Hall–Kier alpha value is -2.90. The quantitative estimate of drug-likeness (QED) is 0.761. The average Bonchev–Trinajstić information content (AvgIpc) is 3.40. The lowest BCUT2D eigenvalue weighted by molar-refractivity contribution is -0.134. The molecule has 1 aliphatic heterocycles. The van der Waals surface area contributed by atoms with E-state index in [9.17, 15) is 9.59 Å². The van der Waals surface area contributed by atoms with E-state index in [1.54, 1.807) is 14.0 Å². The van der Waals surface area contributed by atoms with Crippen LogP contribution in [-0.2, 0) is 21.4 Å². The highest BCUT2D eigenvalue weighted by molar-refractivity contribution is 5.79. The van der Waals surface area contributed by atoms with Crippen molar-refractivity contribution in [3.63, 3.8) is 0 Å². The van der Waals surface area contributed by atoms with Gasteiger partial charge in [0.15, 0.2) is 5.82 Å². The lowest BCUT2D eigenvalue weighted by Gasteiger charge is -2.26. The van der Waals surface area contributed by atoms with Gasteiger partial charge >= 0.3 is 0 Å². The van der Waals surface area contributed by atoms with Crippen molar-refractivity contribution in [2.24, 2.45) is 11.8 Å². The Morgan fingerprint density at radius 1 is 1.32 bits per heavy atom. The number of amides is 2. The first-order valence-electron chi connectivity index (χ1n) is 10.8. The summed E-state index contributed by atoms with van der Waals surface area (Å²) in [6, 6.07) is 7.53. The number of likely N-dealkylation sites (tertiary alicyclic amines) is 1. The first-order chi connectivity index (χ1) is 14.8. The number of carbonyl (C=O) groups excluding carboxylic acids is 2. The predicted molar refractivity (Wildman–Crippen MR) is 113 cm³/mol. The molecule has 166 valence electrons. The van der Waals surface area contributed by atoms with Gasteiger partial charge in [0.2, 0.25) is 17.7 Å². The zero-order valence-corrected chi connectivity index (χ0v) is 18.6. The molecule has 1 aliphatic carbocycles. The molecule has 1 saturated carbocycles. The van der Waals surface area contributed by atoms with Crippen LogP contribution in [0.2, 0.25) is 0 Å². The van der Waals surface area contributed by atoms with Crippen molar-refractivity contribution >= 4 is 11.8 Å². The SMILES string of the molecule is COc1ccc(CC(=O)NC2CC3CN(C(=O)C(C)C)CC3(c3nc(C)no3)C2)cc1. The number of benzene rings is 1. The number of aromatic nitrogens is 2. The van der Waals surface area contributed by atoms with E-state index in [-0.39, 0.29) is 29.7 Å². The van der Waals surface area contributed by atoms with E-state index in [4.69, 9.17) is 9.26 Å². The van der Waals surface area contributed by atoms with E-state index < -0.39 is 5.41 Å².